The molecule has 24 heavy (non-hydrogen) atoms. The first-order valence-electron chi connectivity index (χ1n) is 9.18. The number of carbonyl (C=O) groups is 1. The monoisotopic (exact) mass is 350 g/mol. The van der Waals surface area contributed by atoms with Crippen molar-refractivity contribution in [1.29, 1.82) is 0 Å². The van der Waals surface area contributed by atoms with Gasteiger partial charge in [0, 0.05) is 12.8 Å². The average molecular weight is 350 g/mol. The molecule has 0 radical (unpaired) electrons. The highest BCUT2D eigenvalue weighted by Gasteiger charge is 2.09. The molecule has 0 saturated carbocycles. The maximum atomic E-state index is 10.8. The maximum absolute atomic E-state index is 10.8. The first-order chi connectivity index (χ1) is 11.7. The summed E-state index contributed by atoms with van der Waals surface area (Å²) >= 11 is 0. The summed E-state index contributed by atoms with van der Waals surface area (Å²) in [5, 5.41) is 8.55. The molecule has 0 bridgehead atoms. The van der Waals surface area contributed by atoms with Crippen molar-refractivity contribution >= 4 is 5.97 Å². The predicted octanol–water partition coefficient (Wildman–Crippen LogP) is 4.60. The lowest BCUT2D eigenvalue weighted by Gasteiger charge is -2.12. The van der Waals surface area contributed by atoms with Crippen molar-refractivity contribution in [3.63, 3.8) is 0 Å². The molecule has 7 heteroatoms. The molecule has 0 aliphatic carbocycles. The van der Waals surface area contributed by atoms with E-state index in [1.165, 1.54) is 32.1 Å². The molecule has 1 heterocycles. The summed E-state index contributed by atoms with van der Waals surface area (Å²) in [5.74, 6) is -0.413. The van der Waals surface area contributed by atoms with E-state index in [1.807, 2.05) is 6.92 Å². The van der Waals surface area contributed by atoms with Crippen LogP contribution in [0.2, 0.25) is 0 Å². The minimum absolute atomic E-state index is 0.0147. The molecule has 0 aromatic heterocycles. The van der Waals surface area contributed by atoms with Crippen molar-refractivity contribution < 1.29 is 34.4 Å². The Morgan fingerprint density at radius 2 is 1.67 bits per heavy atom. The van der Waals surface area contributed by atoms with Crippen LogP contribution in [-0.4, -0.2) is 25.3 Å². The lowest BCUT2D eigenvalue weighted by molar-refractivity contribution is -0.532. The van der Waals surface area contributed by atoms with Crippen LogP contribution >= 0.6 is 0 Å². The molecule has 1 rings (SSSR count). The predicted molar refractivity (Wildman–Crippen MR) is 88.2 cm³/mol. The Morgan fingerprint density at radius 3 is 2.17 bits per heavy atom. The van der Waals surface area contributed by atoms with E-state index in [2.05, 4.69) is 31.7 Å². The fourth-order valence-corrected chi connectivity index (χ4v) is 1.92. The second-order valence-electron chi connectivity index (χ2n) is 5.63. The van der Waals surface area contributed by atoms with Gasteiger partial charge in [-0.25, -0.2) is 14.6 Å². The Hall–Kier alpha value is -0.730. The molecule has 1 saturated heterocycles. The van der Waals surface area contributed by atoms with Gasteiger partial charge in [0.05, 0.1) is 19.3 Å². The van der Waals surface area contributed by atoms with Gasteiger partial charge in [-0.05, 0) is 17.9 Å². The highest BCUT2D eigenvalue weighted by Crippen LogP contribution is 2.13. The van der Waals surface area contributed by atoms with Crippen molar-refractivity contribution in [1.82, 2.24) is 0 Å². The lowest BCUT2D eigenvalue weighted by Crippen LogP contribution is -2.14. The van der Waals surface area contributed by atoms with Crippen LogP contribution in [-0.2, 0) is 34.4 Å². The van der Waals surface area contributed by atoms with E-state index in [0.29, 0.717) is 13.2 Å². The van der Waals surface area contributed by atoms with Gasteiger partial charge >= 0.3 is 5.97 Å². The third-order valence-electron chi connectivity index (χ3n) is 3.48. The van der Waals surface area contributed by atoms with E-state index < -0.39 is 5.97 Å². The summed E-state index contributed by atoms with van der Waals surface area (Å²) in [4.78, 5) is 29.0. The molecule has 1 unspecified atom stereocenters. The molecule has 0 spiro atoms. The van der Waals surface area contributed by atoms with E-state index >= 15 is 0 Å². The van der Waals surface area contributed by atoms with Gasteiger partial charge in [0.2, 0.25) is 0 Å². The van der Waals surface area contributed by atoms with Crippen molar-refractivity contribution in [2.75, 3.05) is 13.2 Å². The Morgan fingerprint density at radius 1 is 1.00 bits per heavy atom. The van der Waals surface area contributed by atoms with Gasteiger partial charge in [-0.15, -0.1) is 0 Å². The quantitative estimate of drug-likeness (QED) is 0.289. The SMILES string of the molecule is C1COOOC1.CCCCCCCCC(CC)OOOC(=O)CC. The van der Waals surface area contributed by atoms with E-state index in [4.69, 9.17) is 4.89 Å². The average Bonchev–Trinajstić information content (AvgIpc) is 2.64. The van der Waals surface area contributed by atoms with E-state index in [9.17, 15) is 4.79 Å². The van der Waals surface area contributed by atoms with E-state index in [-0.39, 0.29) is 12.5 Å². The van der Waals surface area contributed by atoms with Crippen molar-refractivity contribution in [2.45, 2.75) is 91.1 Å². The Balaban J connectivity index is 0.000000728. The second-order valence-corrected chi connectivity index (χ2v) is 5.63. The minimum atomic E-state index is -0.413. The molecule has 0 amide bonds. The van der Waals surface area contributed by atoms with Gasteiger partial charge in [-0.3, -0.25) is 4.89 Å². The second kappa shape index (κ2) is 18.6. The van der Waals surface area contributed by atoms with Gasteiger partial charge in [0.25, 0.3) is 0 Å². The number of hydrogen-bond acceptors (Lipinski definition) is 7. The van der Waals surface area contributed by atoms with Crippen molar-refractivity contribution in [2.24, 2.45) is 0 Å². The zero-order valence-corrected chi connectivity index (χ0v) is 15.4. The fourth-order valence-electron chi connectivity index (χ4n) is 1.92. The molecule has 0 aromatic rings. The van der Waals surface area contributed by atoms with Crippen LogP contribution in [0.3, 0.4) is 0 Å². The van der Waals surface area contributed by atoms with Crippen LogP contribution in [0.4, 0.5) is 0 Å². The summed E-state index contributed by atoms with van der Waals surface area (Å²) < 4.78 is 0. The van der Waals surface area contributed by atoms with Crippen molar-refractivity contribution in [3.8, 4) is 0 Å². The smallest absolute Gasteiger partial charge is 0.269 e. The van der Waals surface area contributed by atoms with Crippen LogP contribution in [0, 0.1) is 0 Å². The lowest BCUT2D eigenvalue weighted by atomic mass is 10.1. The molecular weight excluding hydrogens is 316 g/mol. The molecule has 0 N–H and O–H groups in total. The summed E-state index contributed by atoms with van der Waals surface area (Å²) in [6.07, 6.45) is 10.6. The first-order valence-corrected chi connectivity index (χ1v) is 9.18. The highest BCUT2D eigenvalue weighted by atomic mass is 17.5. The highest BCUT2D eigenvalue weighted by molar-refractivity contribution is 5.68. The zero-order chi connectivity index (χ0) is 17.9. The van der Waals surface area contributed by atoms with Gasteiger partial charge in [0.15, 0.2) is 0 Å². The largest absolute Gasteiger partial charge is 0.345 e. The number of carbonyl (C=O) groups excluding carboxylic acids is 1. The van der Waals surface area contributed by atoms with Gasteiger partial charge in [-0.1, -0.05) is 64.3 Å². The zero-order valence-electron chi connectivity index (χ0n) is 15.4. The van der Waals surface area contributed by atoms with Crippen LogP contribution < -0.4 is 0 Å². The van der Waals surface area contributed by atoms with Crippen LogP contribution in [0.5, 0.6) is 0 Å². The topological polar surface area (TPSA) is 72.5 Å². The third kappa shape index (κ3) is 16.1. The number of rotatable bonds is 12. The van der Waals surface area contributed by atoms with Gasteiger partial charge in [0.1, 0.15) is 0 Å². The standard InChI is InChI=1S/C14H28O4.C3H6O3/c1-4-7-8-9-10-11-12-13(5-2)16-18-17-14(15)6-3;1-2-4-6-5-3-1/h13H,4-12H2,1-3H3;1-3H2. The molecule has 1 atom stereocenters. The Kier molecular flexibility index (Phi) is 18.0. The van der Waals surface area contributed by atoms with E-state index in [1.54, 1.807) is 6.92 Å². The molecule has 1 aliphatic heterocycles. The molecular formula is C17H34O7. The normalized spacial score (nSPS) is 15.3. The molecule has 1 fully saturated rings. The Labute approximate surface area is 145 Å². The van der Waals surface area contributed by atoms with Gasteiger partial charge < -0.3 is 0 Å². The minimum Gasteiger partial charge on any atom is -0.269 e. The third-order valence-corrected chi connectivity index (χ3v) is 3.48. The molecule has 144 valence electrons. The summed E-state index contributed by atoms with van der Waals surface area (Å²) in [7, 11) is 0. The molecule has 7 nitrogen and oxygen atoms in total. The van der Waals surface area contributed by atoms with E-state index in [0.717, 1.165) is 25.7 Å². The summed E-state index contributed by atoms with van der Waals surface area (Å²) in [5.41, 5.74) is 0. The maximum Gasteiger partial charge on any atom is 0.345 e. The van der Waals surface area contributed by atoms with Gasteiger partial charge in [-0.2, -0.15) is 4.89 Å². The summed E-state index contributed by atoms with van der Waals surface area (Å²) in [6, 6.07) is 0. The molecule has 0 aromatic carbocycles. The van der Waals surface area contributed by atoms with Crippen LogP contribution in [0.25, 0.3) is 0 Å². The molecule has 1 aliphatic rings. The summed E-state index contributed by atoms with van der Waals surface area (Å²) in [6.45, 7) is 7.27. The first kappa shape index (κ1) is 23.3. The van der Waals surface area contributed by atoms with Crippen molar-refractivity contribution in [3.05, 3.63) is 0 Å². The number of hydrogen-bond donors (Lipinski definition) is 0. The fraction of sp³-hybridized carbons (Fsp3) is 0.941. The van der Waals surface area contributed by atoms with Crippen LogP contribution in [0.1, 0.15) is 85.0 Å². The Bertz CT molecular complexity index is 258. The van der Waals surface area contributed by atoms with Crippen LogP contribution in [0.15, 0.2) is 0 Å². The number of unbranched alkanes of at least 4 members (excludes halogenated alkanes) is 5.